The highest BCUT2D eigenvalue weighted by atomic mass is 32.2. The topological polar surface area (TPSA) is 72.2 Å². The summed E-state index contributed by atoms with van der Waals surface area (Å²) < 4.78 is 0. The van der Waals surface area contributed by atoms with Gasteiger partial charge in [-0.05, 0) is 24.3 Å². The first-order valence-electron chi connectivity index (χ1n) is 6.78. The molecule has 6 heteroatoms. The lowest BCUT2D eigenvalue weighted by Crippen LogP contribution is -2.12. The molecule has 1 amide bonds. The Bertz CT molecular complexity index is 701. The van der Waals surface area contributed by atoms with Gasteiger partial charge < -0.3 is 5.32 Å². The highest BCUT2D eigenvalue weighted by Gasteiger charge is 2.10. The molecule has 2 rings (SSSR count). The first-order chi connectivity index (χ1) is 10.5. The smallest absolute Gasteiger partial charge is 0.271 e. The van der Waals surface area contributed by atoms with Crippen molar-refractivity contribution >= 4 is 29.0 Å². The van der Waals surface area contributed by atoms with Crippen LogP contribution in [-0.2, 0) is 0 Å². The van der Waals surface area contributed by atoms with E-state index in [1.165, 1.54) is 12.1 Å². The number of carbonyl (C=O) groups is 1. The Morgan fingerprint density at radius 2 is 1.91 bits per heavy atom. The number of carbonyl (C=O) groups excluding carboxylic acids is 1. The van der Waals surface area contributed by atoms with Gasteiger partial charge in [-0.15, -0.1) is 11.8 Å². The Balaban J connectivity index is 2.15. The number of nitro benzene ring substituents is 1. The Morgan fingerprint density at radius 3 is 2.59 bits per heavy atom. The summed E-state index contributed by atoms with van der Waals surface area (Å²) in [5.74, 6) is -0.285. The third-order valence-electron chi connectivity index (χ3n) is 2.78. The van der Waals surface area contributed by atoms with Gasteiger partial charge in [0.05, 0.1) is 4.92 Å². The molecule has 0 heterocycles. The molecule has 1 N–H and O–H groups in total. The van der Waals surface area contributed by atoms with Gasteiger partial charge in [0.2, 0.25) is 0 Å². The number of amides is 1. The zero-order valence-electron chi connectivity index (χ0n) is 12.3. The normalized spacial score (nSPS) is 10.5. The Morgan fingerprint density at radius 1 is 1.18 bits per heavy atom. The summed E-state index contributed by atoms with van der Waals surface area (Å²) in [6, 6.07) is 13.2. The van der Waals surface area contributed by atoms with Gasteiger partial charge in [-0.25, -0.2) is 0 Å². The number of hydrogen-bond acceptors (Lipinski definition) is 4. The molecule has 0 aliphatic carbocycles. The van der Waals surface area contributed by atoms with Crippen LogP contribution in [0.25, 0.3) is 0 Å². The summed E-state index contributed by atoms with van der Waals surface area (Å²) in [6.07, 6.45) is 0. The number of thioether (sulfide) groups is 1. The zero-order valence-corrected chi connectivity index (χ0v) is 13.1. The molecule has 5 nitrogen and oxygen atoms in total. The molecular weight excluding hydrogens is 300 g/mol. The van der Waals surface area contributed by atoms with Gasteiger partial charge in [0, 0.05) is 33.5 Å². The predicted octanol–water partition coefficient (Wildman–Crippen LogP) is 4.35. The summed E-state index contributed by atoms with van der Waals surface area (Å²) in [7, 11) is 0. The molecule has 0 aromatic heterocycles. The quantitative estimate of drug-likeness (QED) is 0.506. The molecule has 0 saturated heterocycles. The fourth-order valence-electron chi connectivity index (χ4n) is 1.88. The van der Waals surface area contributed by atoms with Crippen molar-refractivity contribution in [3.63, 3.8) is 0 Å². The number of anilines is 1. The van der Waals surface area contributed by atoms with Crippen molar-refractivity contribution in [2.45, 2.75) is 24.0 Å². The minimum atomic E-state index is -0.491. The predicted molar refractivity (Wildman–Crippen MR) is 88.5 cm³/mol. The van der Waals surface area contributed by atoms with Crippen LogP contribution >= 0.6 is 11.8 Å². The third-order valence-corrected chi connectivity index (χ3v) is 3.78. The van der Waals surface area contributed by atoms with E-state index in [0.29, 0.717) is 16.5 Å². The van der Waals surface area contributed by atoms with E-state index in [1.54, 1.807) is 30.0 Å². The molecule has 0 saturated carbocycles. The first-order valence-corrected chi connectivity index (χ1v) is 7.66. The molecule has 0 atom stereocenters. The van der Waals surface area contributed by atoms with Gasteiger partial charge in [0.25, 0.3) is 11.6 Å². The van der Waals surface area contributed by atoms with Crippen LogP contribution in [0.15, 0.2) is 53.4 Å². The van der Waals surface area contributed by atoms with Crippen LogP contribution in [0.2, 0.25) is 0 Å². The molecule has 2 aromatic carbocycles. The SMILES string of the molecule is CC(C)Sc1cccc(C(=O)Nc2cccc([N+](=O)[O-])c2)c1. The van der Waals surface area contributed by atoms with E-state index >= 15 is 0 Å². The molecule has 0 aliphatic rings. The Kier molecular flexibility index (Phi) is 5.16. The maximum atomic E-state index is 12.2. The molecule has 0 radical (unpaired) electrons. The van der Waals surface area contributed by atoms with Gasteiger partial charge in [0.15, 0.2) is 0 Å². The maximum Gasteiger partial charge on any atom is 0.271 e. The second kappa shape index (κ2) is 7.09. The number of nitrogens with one attached hydrogen (secondary N) is 1. The monoisotopic (exact) mass is 316 g/mol. The van der Waals surface area contributed by atoms with E-state index in [2.05, 4.69) is 19.2 Å². The zero-order chi connectivity index (χ0) is 16.1. The molecule has 0 bridgehead atoms. The van der Waals surface area contributed by atoms with Crippen molar-refractivity contribution < 1.29 is 9.72 Å². The highest BCUT2D eigenvalue weighted by molar-refractivity contribution is 7.99. The molecule has 0 aliphatic heterocycles. The molecule has 114 valence electrons. The lowest BCUT2D eigenvalue weighted by atomic mass is 10.2. The van der Waals surface area contributed by atoms with E-state index in [0.717, 1.165) is 4.90 Å². The van der Waals surface area contributed by atoms with Crippen molar-refractivity contribution in [3.05, 3.63) is 64.2 Å². The number of nitro groups is 1. The largest absolute Gasteiger partial charge is 0.322 e. The molecular formula is C16H16N2O3S. The molecule has 0 spiro atoms. The molecule has 0 fully saturated rings. The Hall–Kier alpha value is -2.34. The number of nitrogens with zero attached hydrogens (tertiary/aromatic N) is 1. The number of non-ortho nitro benzene ring substituents is 1. The fourth-order valence-corrected chi connectivity index (χ4v) is 2.78. The summed E-state index contributed by atoms with van der Waals surface area (Å²) in [6.45, 7) is 4.17. The van der Waals surface area contributed by atoms with Crippen molar-refractivity contribution in [1.82, 2.24) is 0 Å². The minimum absolute atomic E-state index is 0.0538. The standard InChI is InChI=1S/C16H16N2O3S/c1-11(2)22-15-8-3-5-12(9-15)16(19)17-13-6-4-7-14(10-13)18(20)21/h3-11H,1-2H3,(H,17,19). The van der Waals surface area contributed by atoms with Crippen LogP contribution in [0.4, 0.5) is 11.4 Å². The molecule has 22 heavy (non-hydrogen) atoms. The van der Waals surface area contributed by atoms with Crippen LogP contribution in [0.1, 0.15) is 24.2 Å². The van der Waals surface area contributed by atoms with E-state index in [9.17, 15) is 14.9 Å². The van der Waals surface area contributed by atoms with Gasteiger partial charge in [0.1, 0.15) is 0 Å². The second-order valence-electron chi connectivity index (χ2n) is 4.96. The van der Waals surface area contributed by atoms with E-state index in [-0.39, 0.29) is 11.6 Å². The van der Waals surface area contributed by atoms with Crippen molar-refractivity contribution in [1.29, 1.82) is 0 Å². The van der Waals surface area contributed by atoms with E-state index in [1.807, 2.05) is 18.2 Å². The van der Waals surface area contributed by atoms with E-state index in [4.69, 9.17) is 0 Å². The summed E-state index contributed by atoms with van der Waals surface area (Å²) in [5, 5.41) is 13.9. The fraction of sp³-hybridized carbons (Fsp3) is 0.188. The second-order valence-corrected chi connectivity index (χ2v) is 6.61. The maximum absolute atomic E-state index is 12.2. The van der Waals surface area contributed by atoms with Crippen molar-refractivity contribution in [2.24, 2.45) is 0 Å². The van der Waals surface area contributed by atoms with Gasteiger partial charge in [-0.2, -0.15) is 0 Å². The van der Waals surface area contributed by atoms with E-state index < -0.39 is 4.92 Å². The van der Waals surface area contributed by atoms with Crippen LogP contribution in [0, 0.1) is 10.1 Å². The van der Waals surface area contributed by atoms with Gasteiger partial charge in [-0.3, -0.25) is 14.9 Å². The van der Waals surface area contributed by atoms with Crippen LogP contribution in [0.5, 0.6) is 0 Å². The molecule has 0 unspecified atom stereocenters. The van der Waals surface area contributed by atoms with Gasteiger partial charge in [-0.1, -0.05) is 26.0 Å². The lowest BCUT2D eigenvalue weighted by Gasteiger charge is -2.08. The first kappa shape index (κ1) is 16.0. The average Bonchev–Trinajstić information content (AvgIpc) is 2.47. The van der Waals surface area contributed by atoms with Crippen LogP contribution in [0.3, 0.4) is 0 Å². The number of hydrogen-bond donors (Lipinski definition) is 1. The third kappa shape index (κ3) is 4.33. The summed E-state index contributed by atoms with van der Waals surface area (Å²) in [5.41, 5.74) is 0.875. The van der Waals surface area contributed by atoms with Crippen LogP contribution in [-0.4, -0.2) is 16.1 Å². The van der Waals surface area contributed by atoms with Crippen molar-refractivity contribution in [3.8, 4) is 0 Å². The number of benzene rings is 2. The average molecular weight is 316 g/mol. The minimum Gasteiger partial charge on any atom is -0.322 e. The highest BCUT2D eigenvalue weighted by Crippen LogP contribution is 2.24. The van der Waals surface area contributed by atoms with Crippen molar-refractivity contribution in [2.75, 3.05) is 5.32 Å². The van der Waals surface area contributed by atoms with Gasteiger partial charge >= 0.3 is 0 Å². The lowest BCUT2D eigenvalue weighted by molar-refractivity contribution is -0.384. The molecule has 2 aromatic rings. The van der Waals surface area contributed by atoms with Crippen LogP contribution < -0.4 is 5.32 Å². The Labute approximate surface area is 132 Å². The number of rotatable bonds is 5. The summed E-state index contributed by atoms with van der Waals surface area (Å²) >= 11 is 1.67. The summed E-state index contributed by atoms with van der Waals surface area (Å²) in [4.78, 5) is 23.5.